The fourth-order valence-corrected chi connectivity index (χ4v) is 2.57. The van der Waals surface area contributed by atoms with Gasteiger partial charge in [-0.15, -0.1) is 0 Å². The molecule has 84 valence electrons. The largest absolute Gasteiger partial charge is 0.294 e. The molecule has 1 atom stereocenters. The maximum absolute atomic E-state index is 12.1. The van der Waals surface area contributed by atoms with Gasteiger partial charge in [0.15, 0.2) is 5.78 Å². The highest BCUT2D eigenvalue weighted by atomic mass is 16.1. The van der Waals surface area contributed by atoms with Gasteiger partial charge in [0.05, 0.1) is 0 Å². The Morgan fingerprint density at radius 3 is 2.80 bits per heavy atom. The lowest BCUT2D eigenvalue weighted by Crippen LogP contribution is -2.34. The van der Waals surface area contributed by atoms with Crippen molar-refractivity contribution in [2.75, 3.05) is 0 Å². The van der Waals surface area contributed by atoms with E-state index in [-0.39, 0.29) is 17.1 Å². The van der Waals surface area contributed by atoms with Crippen molar-refractivity contribution in [2.45, 2.75) is 47.0 Å². The first kappa shape index (κ1) is 12.2. The summed E-state index contributed by atoms with van der Waals surface area (Å²) in [5.74, 6) is 0.378. The first-order valence-electron chi connectivity index (χ1n) is 5.88. The smallest absolute Gasteiger partial charge is 0.162 e. The summed E-state index contributed by atoms with van der Waals surface area (Å²) in [5.41, 5.74) is 1.45. The lowest BCUT2D eigenvalue weighted by molar-refractivity contribution is -0.120. The molecule has 0 aromatic heterocycles. The van der Waals surface area contributed by atoms with Crippen molar-refractivity contribution in [2.24, 2.45) is 11.3 Å². The number of allylic oxidation sites excluding steroid dienone is 4. The minimum absolute atomic E-state index is 0.104. The van der Waals surface area contributed by atoms with E-state index in [1.807, 2.05) is 13.0 Å². The van der Waals surface area contributed by atoms with Crippen LogP contribution >= 0.6 is 0 Å². The molecule has 1 unspecified atom stereocenters. The van der Waals surface area contributed by atoms with Crippen LogP contribution in [0.4, 0.5) is 0 Å². The Balaban J connectivity index is 3.01. The Kier molecular flexibility index (Phi) is 3.90. The lowest BCUT2D eigenvalue weighted by Gasteiger charge is -2.37. The molecule has 0 spiro atoms. The number of hydrogen-bond donors (Lipinski definition) is 0. The Morgan fingerprint density at radius 2 is 2.27 bits per heavy atom. The summed E-state index contributed by atoms with van der Waals surface area (Å²) in [6, 6.07) is 0. The third-order valence-corrected chi connectivity index (χ3v) is 3.37. The van der Waals surface area contributed by atoms with Crippen molar-refractivity contribution in [3.8, 4) is 0 Å². The van der Waals surface area contributed by atoms with Crippen LogP contribution in [0.2, 0.25) is 0 Å². The first-order valence-corrected chi connectivity index (χ1v) is 5.88. The van der Waals surface area contributed by atoms with Crippen molar-refractivity contribution in [1.82, 2.24) is 0 Å². The number of ketones is 1. The van der Waals surface area contributed by atoms with E-state index in [0.29, 0.717) is 0 Å². The average molecular weight is 206 g/mol. The van der Waals surface area contributed by atoms with E-state index in [1.165, 1.54) is 5.57 Å². The van der Waals surface area contributed by atoms with Crippen LogP contribution in [0, 0.1) is 11.3 Å². The predicted octanol–water partition coefficient (Wildman–Crippen LogP) is 3.90. The Bertz CT molecular complexity index is 294. The number of carbonyl (C=O) groups is 1. The summed E-state index contributed by atoms with van der Waals surface area (Å²) in [5, 5.41) is 0. The highest BCUT2D eigenvalue weighted by Crippen LogP contribution is 2.42. The zero-order valence-corrected chi connectivity index (χ0v) is 10.3. The van der Waals surface area contributed by atoms with Crippen LogP contribution < -0.4 is 0 Å². The highest BCUT2D eigenvalue weighted by molar-refractivity contribution is 5.94. The van der Waals surface area contributed by atoms with Crippen LogP contribution in [0.3, 0.4) is 0 Å². The molecule has 0 aromatic rings. The minimum atomic E-state index is 0.104. The van der Waals surface area contributed by atoms with Gasteiger partial charge < -0.3 is 0 Å². The first-order chi connectivity index (χ1) is 7.03. The molecule has 0 saturated heterocycles. The Hall–Kier alpha value is -0.850. The summed E-state index contributed by atoms with van der Waals surface area (Å²) in [4.78, 5) is 12.1. The Morgan fingerprint density at radius 1 is 1.60 bits per heavy atom. The molecular weight excluding hydrogens is 184 g/mol. The van der Waals surface area contributed by atoms with Crippen LogP contribution in [0.5, 0.6) is 0 Å². The van der Waals surface area contributed by atoms with Crippen LogP contribution in [0.15, 0.2) is 23.8 Å². The number of carbonyl (C=O) groups excluding carboxylic acids is 1. The van der Waals surface area contributed by atoms with Gasteiger partial charge in [-0.2, -0.15) is 0 Å². The maximum atomic E-state index is 12.1. The third kappa shape index (κ3) is 2.58. The van der Waals surface area contributed by atoms with Gasteiger partial charge in [-0.3, -0.25) is 4.79 Å². The van der Waals surface area contributed by atoms with Gasteiger partial charge in [0.2, 0.25) is 0 Å². The van der Waals surface area contributed by atoms with Crippen molar-refractivity contribution >= 4 is 5.78 Å². The standard InChI is InChI=1S/C14H22O/c1-5-8-12(15)13-11(6-2)9-7-10-14(13,3)4/h5,8-9,13H,6-7,10H2,1-4H3/b8-5+. The molecule has 1 aliphatic rings. The van der Waals surface area contributed by atoms with E-state index >= 15 is 0 Å². The molecule has 1 rings (SSSR count). The molecule has 0 saturated carbocycles. The molecule has 1 nitrogen and oxygen atoms in total. The predicted molar refractivity (Wildman–Crippen MR) is 64.7 cm³/mol. The molecule has 0 aromatic carbocycles. The second-order valence-electron chi connectivity index (χ2n) is 5.00. The van der Waals surface area contributed by atoms with Gasteiger partial charge >= 0.3 is 0 Å². The van der Waals surface area contributed by atoms with E-state index in [2.05, 4.69) is 26.8 Å². The summed E-state index contributed by atoms with van der Waals surface area (Å²) in [6.07, 6.45) is 9.07. The molecule has 0 amide bonds. The lowest BCUT2D eigenvalue weighted by atomic mass is 9.66. The second-order valence-corrected chi connectivity index (χ2v) is 5.00. The zero-order chi connectivity index (χ0) is 11.5. The molecule has 0 radical (unpaired) electrons. The topological polar surface area (TPSA) is 17.1 Å². The molecule has 0 N–H and O–H groups in total. The number of rotatable bonds is 3. The molecule has 1 aliphatic carbocycles. The van der Waals surface area contributed by atoms with Gasteiger partial charge in [-0.05, 0) is 37.7 Å². The fraction of sp³-hybridized carbons (Fsp3) is 0.643. The van der Waals surface area contributed by atoms with E-state index in [1.54, 1.807) is 6.08 Å². The second kappa shape index (κ2) is 4.78. The molecule has 0 aliphatic heterocycles. The van der Waals surface area contributed by atoms with Gasteiger partial charge in [0, 0.05) is 5.92 Å². The van der Waals surface area contributed by atoms with Crippen molar-refractivity contribution < 1.29 is 4.79 Å². The highest BCUT2D eigenvalue weighted by Gasteiger charge is 2.37. The fourth-order valence-electron chi connectivity index (χ4n) is 2.57. The van der Waals surface area contributed by atoms with E-state index in [9.17, 15) is 4.79 Å². The van der Waals surface area contributed by atoms with Crippen LogP contribution in [0.1, 0.15) is 47.0 Å². The maximum Gasteiger partial charge on any atom is 0.162 e. The summed E-state index contributed by atoms with van der Waals surface area (Å²) in [7, 11) is 0. The molecule has 0 heterocycles. The van der Waals surface area contributed by atoms with Crippen LogP contribution in [-0.4, -0.2) is 5.78 Å². The normalized spacial score (nSPS) is 25.3. The quantitative estimate of drug-likeness (QED) is 0.505. The Labute approximate surface area is 93.3 Å². The van der Waals surface area contributed by atoms with Gasteiger partial charge in [-0.1, -0.05) is 38.5 Å². The number of hydrogen-bond acceptors (Lipinski definition) is 1. The molecular formula is C14H22O. The van der Waals surface area contributed by atoms with Crippen LogP contribution in [0.25, 0.3) is 0 Å². The molecule has 0 fully saturated rings. The van der Waals surface area contributed by atoms with Crippen molar-refractivity contribution in [1.29, 1.82) is 0 Å². The summed E-state index contributed by atoms with van der Waals surface area (Å²) in [6.45, 7) is 8.47. The van der Waals surface area contributed by atoms with Gasteiger partial charge in [-0.25, -0.2) is 0 Å². The SMILES string of the molecule is C/C=C/C(=O)C1C(CC)=CCCC1(C)C. The van der Waals surface area contributed by atoms with Crippen molar-refractivity contribution in [3.63, 3.8) is 0 Å². The zero-order valence-electron chi connectivity index (χ0n) is 10.3. The summed E-state index contributed by atoms with van der Waals surface area (Å²) >= 11 is 0. The van der Waals surface area contributed by atoms with Crippen LogP contribution in [-0.2, 0) is 4.79 Å². The summed E-state index contributed by atoms with van der Waals surface area (Å²) < 4.78 is 0. The molecule has 0 bridgehead atoms. The third-order valence-electron chi connectivity index (χ3n) is 3.37. The van der Waals surface area contributed by atoms with Crippen molar-refractivity contribution in [3.05, 3.63) is 23.8 Å². The molecule has 1 heteroatoms. The monoisotopic (exact) mass is 206 g/mol. The minimum Gasteiger partial charge on any atom is -0.294 e. The van der Waals surface area contributed by atoms with E-state index < -0.39 is 0 Å². The van der Waals surface area contributed by atoms with E-state index in [4.69, 9.17) is 0 Å². The average Bonchev–Trinajstić information content (AvgIpc) is 2.16. The van der Waals surface area contributed by atoms with Gasteiger partial charge in [0.1, 0.15) is 0 Å². The van der Waals surface area contributed by atoms with E-state index in [0.717, 1.165) is 19.3 Å². The molecule has 15 heavy (non-hydrogen) atoms. The van der Waals surface area contributed by atoms with Gasteiger partial charge in [0.25, 0.3) is 0 Å².